The van der Waals surface area contributed by atoms with Crippen LogP contribution in [0.3, 0.4) is 0 Å². The number of amides is 3. The highest BCUT2D eigenvalue weighted by molar-refractivity contribution is 5.92. The highest BCUT2D eigenvalue weighted by Gasteiger charge is 2.39. The van der Waals surface area contributed by atoms with Gasteiger partial charge in [0.15, 0.2) is 0 Å². The van der Waals surface area contributed by atoms with E-state index >= 15 is 0 Å². The van der Waals surface area contributed by atoms with Crippen molar-refractivity contribution in [1.29, 1.82) is 0 Å². The molecule has 34 heavy (non-hydrogen) atoms. The molecular formula is C27H45N3O4. The molecule has 1 aromatic rings. The van der Waals surface area contributed by atoms with E-state index in [0.717, 1.165) is 24.0 Å². The zero-order chi connectivity index (χ0) is 26.1. The van der Waals surface area contributed by atoms with Crippen molar-refractivity contribution in [2.24, 2.45) is 5.92 Å². The fourth-order valence-corrected chi connectivity index (χ4v) is 3.63. The Hall–Kier alpha value is -2.57. The van der Waals surface area contributed by atoms with Crippen LogP contribution < -0.4 is 10.6 Å². The average molecular weight is 476 g/mol. The molecule has 1 aromatic carbocycles. The van der Waals surface area contributed by atoms with Crippen LogP contribution in [0.25, 0.3) is 0 Å². The number of hydrogen-bond acceptors (Lipinski definition) is 4. The third-order valence-corrected chi connectivity index (χ3v) is 5.71. The first-order valence-corrected chi connectivity index (χ1v) is 12.5. The fourth-order valence-electron chi connectivity index (χ4n) is 3.63. The number of hydrogen-bond donors (Lipinski definition) is 2. The Bertz CT molecular complexity index is 799. The molecule has 192 valence electrons. The van der Waals surface area contributed by atoms with Crippen molar-refractivity contribution in [2.75, 3.05) is 6.54 Å². The largest absolute Gasteiger partial charge is 0.444 e. The number of alkyl carbamates (subject to hydrolysis) is 1. The minimum Gasteiger partial charge on any atom is -0.444 e. The molecule has 0 fully saturated rings. The molecule has 3 unspecified atom stereocenters. The Morgan fingerprint density at radius 3 is 2.09 bits per heavy atom. The van der Waals surface area contributed by atoms with Crippen LogP contribution in [-0.4, -0.2) is 47.0 Å². The SMILES string of the molecule is CCCCNC(=O)C(c1ccc(C)cc1)N(C(=O)C(NC(=O)OC(C)(C)C)C(C)CC)C(C)C. The summed E-state index contributed by atoms with van der Waals surface area (Å²) in [7, 11) is 0. The van der Waals surface area contributed by atoms with Crippen molar-refractivity contribution < 1.29 is 19.1 Å². The molecule has 7 nitrogen and oxygen atoms in total. The molecule has 0 saturated heterocycles. The van der Waals surface area contributed by atoms with Crippen LogP contribution in [0.15, 0.2) is 24.3 Å². The van der Waals surface area contributed by atoms with Gasteiger partial charge in [0.25, 0.3) is 0 Å². The van der Waals surface area contributed by atoms with Crippen molar-refractivity contribution in [3.63, 3.8) is 0 Å². The number of rotatable bonds is 11. The maximum absolute atomic E-state index is 14.0. The van der Waals surface area contributed by atoms with Gasteiger partial charge in [0, 0.05) is 12.6 Å². The van der Waals surface area contributed by atoms with Crippen LogP contribution in [0.4, 0.5) is 4.79 Å². The van der Waals surface area contributed by atoms with E-state index in [-0.39, 0.29) is 23.8 Å². The lowest BCUT2D eigenvalue weighted by atomic mass is 9.94. The van der Waals surface area contributed by atoms with Gasteiger partial charge in [-0.3, -0.25) is 9.59 Å². The highest BCUT2D eigenvalue weighted by atomic mass is 16.6. The van der Waals surface area contributed by atoms with Gasteiger partial charge >= 0.3 is 6.09 Å². The Labute approximate surface area is 206 Å². The summed E-state index contributed by atoms with van der Waals surface area (Å²) >= 11 is 0. The van der Waals surface area contributed by atoms with Gasteiger partial charge < -0.3 is 20.3 Å². The highest BCUT2D eigenvalue weighted by Crippen LogP contribution is 2.27. The van der Waals surface area contributed by atoms with Crippen molar-refractivity contribution in [2.45, 2.75) is 105 Å². The minimum atomic E-state index is -0.821. The summed E-state index contributed by atoms with van der Waals surface area (Å²) in [6, 6.07) is 5.76. The monoisotopic (exact) mass is 475 g/mol. The normalized spacial score (nSPS) is 14.2. The molecule has 0 aliphatic heterocycles. The molecule has 0 aliphatic rings. The molecule has 0 radical (unpaired) electrons. The smallest absolute Gasteiger partial charge is 0.408 e. The first kappa shape index (κ1) is 29.5. The molecule has 7 heteroatoms. The summed E-state index contributed by atoms with van der Waals surface area (Å²) < 4.78 is 5.42. The molecule has 0 aliphatic carbocycles. The van der Waals surface area contributed by atoms with E-state index in [9.17, 15) is 14.4 Å². The van der Waals surface area contributed by atoms with Gasteiger partial charge in [-0.05, 0) is 59.4 Å². The Balaban J connectivity index is 3.41. The van der Waals surface area contributed by atoms with Crippen molar-refractivity contribution in [3.8, 4) is 0 Å². The van der Waals surface area contributed by atoms with Crippen LogP contribution >= 0.6 is 0 Å². The molecule has 2 N–H and O–H groups in total. The number of ether oxygens (including phenoxy) is 1. The second-order valence-corrected chi connectivity index (χ2v) is 10.3. The molecule has 0 saturated carbocycles. The lowest BCUT2D eigenvalue weighted by molar-refractivity contribution is -0.145. The quantitative estimate of drug-likeness (QED) is 0.434. The van der Waals surface area contributed by atoms with Gasteiger partial charge in [0.1, 0.15) is 17.7 Å². The number of aryl methyl sites for hydroxylation is 1. The maximum Gasteiger partial charge on any atom is 0.408 e. The number of nitrogens with one attached hydrogen (secondary N) is 2. The van der Waals surface area contributed by atoms with E-state index in [0.29, 0.717) is 13.0 Å². The van der Waals surface area contributed by atoms with E-state index in [4.69, 9.17) is 4.74 Å². The van der Waals surface area contributed by atoms with Gasteiger partial charge in [-0.25, -0.2) is 4.79 Å². The van der Waals surface area contributed by atoms with Crippen LogP contribution in [0.2, 0.25) is 0 Å². The number of nitrogens with zero attached hydrogens (tertiary/aromatic N) is 1. The molecule has 3 atom stereocenters. The lowest BCUT2D eigenvalue weighted by Gasteiger charge is -2.38. The lowest BCUT2D eigenvalue weighted by Crippen LogP contribution is -2.57. The van der Waals surface area contributed by atoms with Gasteiger partial charge in [-0.2, -0.15) is 0 Å². The maximum atomic E-state index is 14.0. The van der Waals surface area contributed by atoms with Crippen molar-refractivity contribution in [3.05, 3.63) is 35.4 Å². The third kappa shape index (κ3) is 8.99. The first-order valence-electron chi connectivity index (χ1n) is 12.5. The predicted octanol–water partition coefficient (Wildman–Crippen LogP) is 5.13. The summed E-state index contributed by atoms with van der Waals surface area (Å²) in [5.74, 6) is -0.672. The number of carbonyl (C=O) groups is 3. The summed E-state index contributed by atoms with van der Waals surface area (Å²) in [4.78, 5) is 41.6. The Morgan fingerprint density at radius 2 is 1.62 bits per heavy atom. The molecule has 0 spiro atoms. The zero-order valence-corrected chi connectivity index (χ0v) is 22.5. The standard InChI is InChI=1S/C27H45N3O4/c1-10-12-17-28-24(31)23(21-15-13-19(5)14-16-21)30(18(3)4)25(32)22(20(6)11-2)29-26(33)34-27(7,8)9/h13-16,18,20,22-23H,10-12,17H2,1-9H3,(H,28,31)(H,29,33). The summed E-state index contributed by atoms with van der Waals surface area (Å²) in [5.41, 5.74) is 1.12. The Kier molecular flexibility index (Phi) is 11.6. The summed E-state index contributed by atoms with van der Waals surface area (Å²) in [5, 5.41) is 5.78. The van der Waals surface area contributed by atoms with E-state index < -0.39 is 23.8 Å². The van der Waals surface area contributed by atoms with E-state index in [1.165, 1.54) is 0 Å². The third-order valence-electron chi connectivity index (χ3n) is 5.71. The number of unbranched alkanes of at least 4 members (excludes halogenated alkanes) is 1. The molecule has 3 amide bonds. The van der Waals surface area contributed by atoms with Gasteiger partial charge in [-0.15, -0.1) is 0 Å². The first-order chi connectivity index (χ1) is 15.8. The second kappa shape index (κ2) is 13.4. The number of benzene rings is 1. The predicted molar refractivity (Wildman–Crippen MR) is 136 cm³/mol. The fraction of sp³-hybridized carbons (Fsp3) is 0.667. The summed E-state index contributed by atoms with van der Waals surface area (Å²) in [6.45, 7) is 17.6. The second-order valence-electron chi connectivity index (χ2n) is 10.3. The van der Waals surface area contributed by atoms with Gasteiger partial charge in [-0.1, -0.05) is 63.4 Å². The van der Waals surface area contributed by atoms with Crippen LogP contribution in [0.1, 0.15) is 91.8 Å². The van der Waals surface area contributed by atoms with Gasteiger partial charge in [0.2, 0.25) is 11.8 Å². The molecule has 0 heterocycles. The van der Waals surface area contributed by atoms with E-state index in [1.807, 2.05) is 58.9 Å². The van der Waals surface area contributed by atoms with Crippen molar-refractivity contribution in [1.82, 2.24) is 15.5 Å². The Morgan fingerprint density at radius 1 is 1.03 bits per heavy atom. The van der Waals surface area contributed by atoms with Gasteiger partial charge in [0.05, 0.1) is 0 Å². The zero-order valence-electron chi connectivity index (χ0n) is 22.5. The van der Waals surface area contributed by atoms with E-state index in [1.54, 1.807) is 25.7 Å². The minimum absolute atomic E-state index is 0.150. The van der Waals surface area contributed by atoms with Crippen LogP contribution in [0, 0.1) is 12.8 Å². The molecule has 0 bridgehead atoms. The topological polar surface area (TPSA) is 87.7 Å². The molecule has 1 rings (SSSR count). The average Bonchev–Trinajstić information content (AvgIpc) is 2.74. The molecule has 0 aromatic heterocycles. The van der Waals surface area contributed by atoms with Crippen molar-refractivity contribution >= 4 is 17.9 Å². The number of carbonyl (C=O) groups excluding carboxylic acids is 3. The molecular weight excluding hydrogens is 430 g/mol. The van der Waals surface area contributed by atoms with Crippen LogP contribution in [-0.2, 0) is 14.3 Å². The van der Waals surface area contributed by atoms with E-state index in [2.05, 4.69) is 17.6 Å². The summed E-state index contributed by atoms with van der Waals surface area (Å²) in [6.07, 6.45) is 1.85. The van der Waals surface area contributed by atoms with Crippen LogP contribution in [0.5, 0.6) is 0 Å².